The Labute approximate surface area is 164 Å². The first-order valence-corrected chi connectivity index (χ1v) is 9.30. The lowest BCUT2D eigenvalue weighted by molar-refractivity contribution is 0.138. The van der Waals surface area contributed by atoms with Crippen molar-refractivity contribution < 1.29 is 9.53 Å². The number of hydrazine groups is 1. The van der Waals surface area contributed by atoms with Gasteiger partial charge in [0, 0.05) is 35.9 Å². The zero-order valence-corrected chi connectivity index (χ0v) is 16.4. The van der Waals surface area contributed by atoms with E-state index in [2.05, 4.69) is 13.8 Å². The average molecular weight is 384 g/mol. The number of hydrogen-bond donors (Lipinski definition) is 0. The number of halogens is 1. The molecule has 6 heteroatoms. The first-order chi connectivity index (χ1) is 12.8. The van der Waals surface area contributed by atoms with Gasteiger partial charge in [-0.15, -0.1) is 0 Å². The molecule has 27 heavy (non-hydrogen) atoms. The Hall–Kier alpha value is -2.66. The van der Waals surface area contributed by atoms with Crippen molar-refractivity contribution >= 4 is 29.0 Å². The minimum Gasteiger partial charge on any atom is -0.487 e. The van der Waals surface area contributed by atoms with Gasteiger partial charge in [0.2, 0.25) is 0 Å². The van der Waals surface area contributed by atoms with Crippen LogP contribution in [-0.2, 0) is 6.42 Å². The molecule has 0 atom stereocenters. The van der Waals surface area contributed by atoms with Crippen LogP contribution in [0.2, 0.25) is 5.02 Å². The number of ether oxygens (including phenoxy) is 1. The normalized spacial score (nSPS) is 17.0. The molecule has 0 bridgehead atoms. The fourth-order valence-electron chi connectivity index (χ4n) is 3.49. The Balaban J connectivity index is 1.55. The highest BCUT2D eigenvalue weighted by molar-refractivity contribution is 6.30. The Bertz CT molecular complexity index is 908. The first kappa shape index (κ1) is 17.7. The van der Waals surface area contributed by atoms with Gasteiger partial charge in [-0.1, -0.05) is 11.6 Å². The van der Waals surface area contributed by atoms with Crippen LogP contribution < -0.4 is 14.6 Å². The molecule has 0 aromatic heterocycles. The molecule has 0 fully saturated rings. The number of carbonyl (C=O) groups excluding carboxylic acids is 1. The second-order valence-corrected chi connectivity index (χ2v) is 7.90. The summed E-state index contributed by atoms with van der Waals surface area (Å²) in [6.07, 6.45) is 4.69. The van der Waals surface area contributed by atoms with Gasteiger partial charge in [0.1, 0.15) is 11.4 Å². The molecule has 0 aliphatic carbocycles. The molecule has 140 valence electrons. The van der Waals surface area contributed by atoms with E-state index < -0.39 is 0 Å². The summed E-state index contributed by atoms with van der Waals surface area (Å²) in [4.78, 5) is 14.8. The number of amides is 2. The van der Waals surface area contributed by atoms with Gasteiger partial charge in [-0.3, -0.25) is 9.91 Å². The minimum absolute atomic E-state index is 0.104. The van der Waals surface area contributed by atoms with Crippen LogP contribution in [0.15, 0.2) is 54.7 Å². The van der Waals surface area contributed by atoms with Crippen LogP contribution in [0.5, 0.6) is 5.75 Å². The van der Waals surface area contributed by atoms with Crippen molar-refractivity contribution in [3.63, 3.8) is 0 Å². The lowest BCUT2D eigenvalue weighted by Gasteiger charge is -2.32. The second-order valence-electron chi connectivity index (χ2n) is 7.46. The lowest BCUT2D eigenvalue weighted by atomic mass is 10.0. The summed E-state index contributed by atoms with van der Waals surface area (Å²) in [5.41, 5.74) is 2.67. The highest BCUT2D eigenvalue weighted by Gasteiger charge is 2.31. The average Bonchev–Trinajstić information content (AvgIpc) is 3.23. The van der Waals surface area contributed by atoms with Crippen molar-refractivity contribution in [3.8, 4) is 5.75 Å². The van der Waals surface area contributed by atoms with Gasteiger partial charge in [-0.25, -0.2) is 9.80 Å². The molecule has 0 saturated heterocycles. The number of rotatable bonds is 2. The van der Waals surface area contributed by atoms with Gasteiger partial charge in [0.05, 0.1) is 12.2 Å². The van der Waals surface area contributed by atoms with Crippen LogP contribution in [0, 0.1) is 0 Å². The van der Waals surface area contributed by atoms with Gasteiger partial charge in [0.15, 0.2) is 0 Å². The summed E-state index contributed by atoms with van der Waals surface area (Å²) in [7, 11) is 1.80. The lowest BCUT2D eigenvalue weighted by Crippen LogP contribution is -2.47. The topological polar surface area (TPSA) is 36.0 Å². The molecule has 2 amide bonds. The maximum Gasteiger partial charge on any atom is 0.343 e. The van der Waals surface area contributed by atoms with Crippen molar-refractivity contribution in [2.75, 3.05) is 23.5 Å². The standard InChI is InChI=1S/C21H22ClN3O2/c1-21(2)14-15-13-18(9-10-19(15)27-21)23(3)20(26)25-12-4-11-24(25)17-7-5-16(22)6-8-17/h4-11,13H,12,14H2,1-3H3. The van der Waals surface area contributed by atoms with E-state index in [1.807, 2.05) is 59.7 Å². The molecule has 2 aliphatic rings. The van der Waals surface area contributed by atoms with E-state index in [4.69, 9.17) is 16.3 Å². The van der Waals surface area contributed by atoms with Crippen molar-refractivity contribution in [3.05, 3.63) is 65.3 Å². The zero-order chi connectivity index (χ0) is 19.2. The number of urea groups is 1. The van der Waals surface area contributed by atoms with Crippen LogP contribution in [-0.4, -0.2) is 30.2 Å². The second kappa shape index (κ2) is 6.50. The van der Waals surface area contributed by atoms with Crippen molar-refractivity contribution in [1.82, 2.24) is 5.01 Å². The third-order valence-electron chi connectivity index (χ3n) is 4.82. The number of fused-ring (bicyclic) bond motifs is 1. The van der Waals surface area contributed by atoms with E-state index in [1.165, 1.54) is 0 Å². The van der Waals surface area contributed by atoms with Crippen molar-refractivity contribution in [1.29, 1.82) is 0 Å². The summed E-state index contributed by atoms with van der Waals surface area (Å²) in [6.45, 7) is 4.66. The molecular formula is C21H22ClN3O2. The molecule has 0 unspecified atom stereocenters. The third-order valence-corrected chi connectivity index (χ3v) is 5.07. The van der Waals surface area contributed by atoms with Gasteiger partial charge in [0.25, 0.3) is 0 Å². The highest BCUT2D eigenvalue weighted by atomic mass is 35.5. The van der Waals surface area contributed by atoms with Gasteiger partial charge in [-0.2, -0.15) is 0 Å². The largest absolute Gasteiger partial charge is 0.487 e. The van der Waals surface area contributed by atoms with Crippen LogP contribution in [0.25, 0.3) is 0 Å². The van der Waals surface area contributed by atoms with E-state index in [9.17, 15) is 4.79 Å². The predicted molar refractivity (Wildman–Crippen MR) is 108 cm³/mol. The number of nitrogens with zero attached hydrogens (tertiary/aromatic N) is 3. The Morgan fingerprint density at radius 3 is 2.67 bits per heavy atom. The van der Waals surface area contributed by atoms with E-state index >= 15 is 0 Å². The number of carbonyl (C=O) groups is 1. The zero-order valence-electron chi connectivity index (χ0n) is 15.6. The summed E-state index contributed by atoms with van der Waals surface area (Å²) in [5.74, 6) is 0.898. The van der Waals surface area contributed by atoms with Crippen LogP contribution >= 0.6 is 11.6 Å². The maximum absolute atomic E-state index is 13.1. The summed E-state index contributed by atoms with van der Waals surface area (Å²) < 4.78 is 5.93. The Morgan fingerprint density at radius 1 is 1.19 bits per heavy atom. The van der Waals surface area contributed by atoms with Crippen LogP contribution in [0.1, 0.15) is 19.4 Å². The molecule has 5 nitrogen and oxygen atoms in total. The quantitative estimate of drug-likeness (QED) is 0.742. The van der Waals surface area contributed by atoms with E-state index in [0.29, 0.717) is 11.6 Å². The number of anilines is 2. The SMILES string of the molecule is CN(C(=O)N1CC=CN1c1ccc(Cl)cc1)c1ccc2c(c1)CC(C)(C)O2. The van der Waals surface area contributed by atoms with E-state index in [1.54, 1.807) is 17.0 Å². The molecule has 0 radical (unpaired) electrons. The molecular weight excluding hydrogens is 362 g/mol. The summed E-state index contributed by atoms with van der Waals surface area (Å²) >= 11 is 5.98. The molecule has 0 N–H and O–H groups in total. The third kappa shape index (κ3) is 3.35. The fraction of sp³-hybridized carbons (Fsp3) is 0.286. The van der Waals surface area contributed by atoms with Crippen molar-refractivity contribution in [2.24, 2.45) is 0 Å². The maximum atomic E-state index is 13.1. The van der Waals surface area contributed by atoms with Crippen LogP contribution in [0.3, 0.4) is 0 Å². The molecule has 4 rings (SSSR count). The molecule has 0 saturated carbocycles. The molecule has 2 aromatic carbocycles. The van der Waals surface area contributed by atoms with Crippen molar-refractivity contribution in [2.45, 2.75) is 25.9 Å². The first-order valence-electron chi connectivity index (χ1n) is 8.93. The molecule has 2 aliphatic heterocycles. The van der Waals surface area contributed by atoms with E-state index in [0.717, 1.165) is 29.1 Å². The number of hydrogen-bond acceptors (Lipinski definition) is 3. The van der Waals surface area contributed by atoms with Gasteiger partial charge < -0.3 is 4.74 Å². The van der Waals surface area contributed by atoms with Gasteiger partial charge in [-0.05, 0) is 62.4 Å². The minimum atomic E-state index is -0.201. The highest BCUT2D eigenvalue weighted by Crippen LogP contribution is 2.37. The van der Waals surface area contributed by atoms with Crippen LogP contribution in [0.4, 0.5) is 16.2 Å². The van der Waals surface area contributed by atoms with E-state index in [-0.39, 0.29) is 11.6 Å². The summed E-state index contributed by atoms with van der Waals surface area (Å²) in [6, 6.07) is 13.2. The fourth-order valence-corrected chi connectivity index (χ4v) is 3.62. The summed E-state index contributed by atoms with van der Waals surface area (Å²) in [5, 5.41) is 4.20. The van der Waals surface area contributed by atoms with Gasteiger partial charge >= 0.3 is 6.03 Å². The predicted octanol–water partition coefficient (Wildman–Crippen LogP) is 4.86. The Kier molecular flexibility index (Phi) is 4.27. The number of benzene rings is 2. The monoisotopic (exact) mass is 383 g/mol. The smallest absolute Gasteiger partial charge is 0.343 e. The molecule has 2 heterocycles. The molecule has 2 aromatic rings. The Morgan fingerprint density at radius 2 is 1.93 bits per heavy atom. The molecule has 0 spiro atoms.